The van der Waals surface area contributed by atoms with E-state index in [9.17, 15) is 8.42 Å². The molecule has 2 aromatic heterocycles. The minimum Gasteiger partial charge on any atom is -0.468 e. The van der Waals surface area contributed by atoms with Crippen molar-refractivity contribution in [2.45, 2.75) is 36.9 Å². The first kappa shape index (κ1) is 13.9. The Morgan fingerprint density at radius 3 is 2.80 bits per heavy atom. The third-order valence-corrected chi connectivity index (χ3v) is 7.29. The molecule has 0 amide bonds. The van der Waals surface area contributed by atoms with Gasteiger partial charge in [-0.3, -0.25) is 0 Å². The molecule has 1 unspecified atom stereocenters. The number of rotatable bonds is 3. The fourth-order valence-electron chi connectivity index (χ4n) is 2.57. The average Bonchev–Trinajstić information content (AvgIpc) is 3.10. The van der Waals surface area contributed by atoms with Gasteiger partial charge in [-0.05, 0) is 50.5 Å². The van der Waals surface area contributed by atoms with Gasteiger partial charge in [-0.2, -0.15) is 4.31 Å². The van der Waals surface area contributed by atoms with Gasteiger partial charge >= 0.3 is 0 Å². The van der Waals surface area contributed by atoms with Gasteiger partial charge in [-0.15, -0.1) is 11.3 Å². The second-order valence-electron chi connectivity index (χ2n) is 5.09. The van der Waals surface area contributed by atoms with Crippen molar-refractivity contribution >= 4 is 21.4 Å². The van der Waals surface area contributed by atoms with Crippen LogP contribution >= 0.6 is 11.3 Å². The number of furan rings is 1. The fraction of sp³-hybridized carbons (Fsp3) is 0.429. The summed E-state index contributed by atoms with van der Waals surface area (Å²) in [6.07, 6.45) is 3.28. The van der Waals surface area contributed by atoms with Crippen LogP contribution in [0.1, 0.15) is 35.1 Å². The molecule has 6 heteroatoms. The minimum atomic E-state index is -3.42. The average molecular weight is 311 g/mol. The topological polar surface area (TPSA) is 50.5 Å². The molecule has 1 saturated heterocycles. The molecule has 0 saturated carbocycles. The summed E-state index contributed by atoms with van der Waals surface area (Å²) in [7, 11) is -3.42. The van der Waals surface area contributed by atoms with Gasteiger partial charge in [0.2, 0.25) is 0 Å². The first-order valence-electron chi connectivity index (χ1n) is 6.62. The van der Waals surface area contributed by atoms with Crippen molar-refractivity contribution in [1.29, 1.82) is 0 Å². The lowest BCUT2D eigenvalue weighted by Gasteiger charge is -2.21. The Kier molecular flexibility index (Phi) is 3.48. The first-order chi connectivity index (χ1) is 9.50. The lowest BCUT2D eigenvalue weighted by molar-refractivity contribution is 0.340. The molecule has 1 aliphatic heterocycles. The molecule has 0 radical (unpaired) electrons. The highest BCUT2D eigenvalue weighted by molar-refractivity contribution is 7.91. The van der Waals surface area contributed by atoms with Crippen molar-refractivity contribution in [3.8, 4) is 0 Å². The van der Waals surface area contributed by atoms with Gasteiger partial charge in [0.1, 0.15) is 9.97 Å². The van der Waals surface area contributed by atoms with Crippen LogP contribution in [0.2, 0.25) is 0 Å². The van der Waals surface area contributed by atoms with Crippen LogP contribution in [0.25, 0.3) is 0 Å². The quantitative estimate of drug-likeness (QED) is 0.872. The summed E-state index contributed by atoms with van der Waals surface area (Å²) >= 11 is 1.35. The number of thiophene rings is 1. The van der Waals surface area contributed by atoms with Gasteiger partial charge in [0.15, 0.2) is 0 Å². The van der Waals surface area contributed by atoms with Crippen LogP contribution < -0.4 is 0 Å². The maximum Gasteiger partial charge on any atom is 0.253 e. The highest BCUT2D eigenvalue weighted by Gasteiger charge is 2.38. The van der Waals surface area contributed by atoms with Crippen molar-refractivity contribution in [2.24, 2.45) is 0 Å². The van der Waals surface area contributed by atoms with Crippen molar-refractivity contribution < 1.29 is 12.8 Å². The monoisotopic (exact) mass is 311 g/mol. The summed E-state index contributed by atoms with van der Waals surface area (Å²) < 4.78 is 33.0. The van der Waals surface area contributed by atoms with E-state index in [1.807, 2.05) is 19.9 Å². The Morgan fingerprint density at radius 2 is 2.20 bits per heavy atom. The molecule has 0 N–H and O–H groups in total. The largest absolute Gasteiger partial charge is 0.468 e. The molecule has 20 heavy (non-hydrogen) atoms. The molecule has 3 rings (SSSR count). The first-order valence-corrected chi connectivity index (χ1v) is 8.88. The van der Waals surface area contributed by atoms with Gasteiger partial charge in [0.25, 0.3) is 10.0 Å². The zero-order chi connectivity index (χ0) is 14.3. The molecule has 0 spiro atoms. The molecule has 1 aliphatic rings. The highest BCUT2D eigenvalue weighted by Crippen LogP contribution is 2.38. The predicted octanol–water partition coefficient (Wildman–Crippen LogP) is 3.48. The van der Waals surface area contributed by atoms with Gasteiger partial charge in [-0.25, -0.2) is 8.42 Å². The summed E-state index contributed by atoms with van der Waals surface area (Å²) in [5.41, 5.74) is 1.03. The van der Waals surface area contributed by atoms with E-state index < -0.39 is 10.0 Å². The zero-order valence-electron chi connectivity index (χ0n) is 11.5. The van der Waals surface area contributed by atoms with Gasteiger partial charge in [-0.1, -0.05) is 0 Å². The molecule has 3 heterocycles. The molecule has 1 atom stereocenters. The normalized spacial score (nSPS) is 20.6. The van der Waals surface area contributed by atoms with E-state index in [0.29, 0.717) is 10.8 Å². The predicted molar refractivity (Wildman–Crippen MR) is 78.4 cm³/mol. The number of hydrogen-bond donors (Lipinski definition) is 0. The summed E-state index contributed by atoms with van der Waals surface area (Å²) in [5, 5.41) is 0. The van der Waals surface area contributed by atoms with Crippen LogP contribution in [0.5, 0.6) is 0 Å². The molecule has 108 valence electrons. The Labute approximate surface area is 123 Å². The molecular weight excluding hydrogens is 294 g/mol. The third kappa shape index (κ3) is 2.21. The number of aryl methyl sites for hydroxylation is 2. The Balaban J connectivity index is 1.98. The summed E-state index contributed by atoms with van der Waals surface area (Å²) in [6.45, 7) is 4.45. The van der Waals surface area contributed by atoms with Gasteiger partial charge in [0, 0.05) is 11.4 Å². The van der Waals surface area contributed by atoms with Crippen molar-refractivity contribution in [2.75, 3.05) is 6.54 Å². The molecule has 1 fully saturated rings. The highest BCUT2D eigenvalue weighted by atomic mass is 32.2. The standard InChI is InChI=1S/C14H17NO3S2/c1-10-9-14(19-11(10)2)20(16,17)15-7-3-5-12(15)13-6-4-8-18-13/h4,6,8-9,12H,3,5,7H2,1-2H3. The van der Waals surface area contributed by atoms with Crippen molar-refractivity contribution in [3.05, 3.63) is 40.7 Å². The SMILES string of the molecule is Cc1cc(S(=O)(=O)N2CCCC2c2ccco2)sc1C. The van der Waals surface area contributed by atoms with Crippen LogP contribution in [0, 0.1) is 13.8 Å². The second kappa shape index (κ2) is 5.02. The summed E-state index contributed by atoms with van der Waals surface area (Å²) in [6, 6.07) is 5.26. The van der Waals surface area contributed by atoms with Crippen LogP contribution in [-0.2, 0) is 10.0 Å². The molecule has 0 aliphatic carbocycles. The summed E-state index contributed by atoms with van der Waals surface area (Å²) in [4.78, 5) is 1.05. The number of sulfonamides is 1. The number of nitrogens with zero attached hydrogens (tertiary/aromatic N) is 1. The van der Waals surface area contributed by atoms with Crippen LogP contribution in [0.3, 0.4) is 0 Å². The zero-order valence-corrected chi connectivity index (χ0v) is 13.1. The minimum absolute atomic E-state index is 0.169. The molecule has 0 aromatic carbocycles. The van der Waals surface area contributed by atoms with Gasteiger partial charge < -0.3 is 4.42 Å². The van der Waals surface area contributed by atoms with E-state index in [2.05, 4.69) is 0 Å². The maximum atomic E-state index is 12.8. The van der Waals surface area contributed by atoms with E-state index in [0.717, 1.165) is 29.0 Å². The van der Waals surface area contributed by atoms with E-state index in [4.69, 9.17) is 4.42 Å². The summed E-state index contributed by atoms with van der Waals surface area (Å²) in [5.74, 6) is 0.732. The lowest BCUT2D eigenvalue weighted by atomic mass is 10.2. The molecule has 4 nitrogen and oxygen atoms in total. The van der Waals surface area contributed by atoms with E-state index in [1.54, 1.807) is 22.7 Å². The van der Waals surface area contributed by atoms with Crippen molar-refractivity contribution in [1.82, 2.24) is 4.31 Å². The molecular formula is C14H17NO3S2. The Morgan fingerprint density at radius 1 is 1.40 bits per heavy atom. The second-order valence-corrected chi connectivity index (χ2v) is 8.47. The molecule has 2 aromatic rings. The fourth-order valence-corrected chi connectivity index (χ4v) is 5.89. The smallest absolute Gasteiger partial charge is 0.253 e. The van der Waals surface area contributed by atoms with Crippen LogP contribution in [-0.4, -0.2) is 19.3 Å². The van der Waals surface area contributed by atoms with E-state index in [1.165, 1.54) is 11.3 Å². The van der Waals surface area contributed by atoms with Gasteiger partial charge in [0.05, 0.1) is 12.3 Å². The van der Waals surface area contributed by atoms with E-state index in [-0.39, 0.29) is 6.04 Å². The lowest BCUT2D eigenvalue weighted by Crippen LogP contribution is -2.29. The Bertz CT molecular complexity index is 681. The maximum absolute atomic E-state index is 12.8. The van der Waals surface area contributed by atoms with Crippen molar-refractivity contribution in [3.63, 3.8) is 0 Å². The number of hydrogen-bond acceptors (Lipinski definition) is 4. The third-order valence-electron chi connectivity index (χ3n) is 3.78. The van der Waals surface area contributed by atoms with Crippen LogP contribution in [0.4, 0.5) is 0 Å². The Hall–Kier alpha value is -1.11. The molecule has 0 bridgehead atoms. The van der Waals surface area contributed by atoms with Crippen LogP contribution in [0.15, 0.2) is 33.1 Å². The van der Waals surface area contributed by atoms with E-state index >= 15 is 0 Å².